The maximum atomic E-state index is 11.6. The van der Waals surface area contributed by atoms with Gasteiger partial charge in [-0.2, -0.15) is 0 Å². The lowest BCUT2D eigenvalue weighted by Crippen LogP contribution is -2.15. The Morgan fingerprint density at radius 2 is 2.22 bits per heavy atom. The number of aromatic amines is 1. The summed E-state index contributed by atoms with van der Waals surface area (Å²) in [6.45, 7) is 0.781. The van der Waals surface area contributed by atoms with E-state index in [1.807, 2.05) is 7.05 Å². The second kappa shape index (κ2) is 5.34. The van der Waals surface area contributed by atoms with E-state index >= 15 is 0 Å². The first kappa shape index (κ1) is 12.1. The van der Waals surface area contributed by atoms with Crippen LogP contribution < -0.4 is 16.7 Å². The lowest BCUT2D eigenvalue weighted by molar-refractivity contribution is 0.460. The average molecular weight is 244 g/mol. The number of hydrogen-bond acceptors (Lipinski definition) is 4. The Hall–Kier alpha value is -2.32. The molecule has 18 heavy (non-hydrogen) atoms. The van der Waals surface area contributed by atoms with Crippen LogP contribution >= 0.6 is 0 Å². The molecule has 1 aromatic carbocycles. The molecule has 0 aliphatic carbocycles. The van der Waals surface area contributed by atoms with Crippen LogP contribution in [-0.2, 0) is 0 Å². The van der Waals surface area contributed by atoms with Crippen LogP contribution in [0.5, 0.6) is 0 Å². The summed E-state index contributed by atoms with van der Waals surface area (Å²) in [4.78, 5) is 25.2. The Kier molecular flexibility index (Phi) is 3.60. The largest absolute Gasteiger partial charge is 0.419 e. The molecular weight excluding hydrogens is 232 g/mol. The van der Waals surface area contributed by atoms with E-state index in [4.69, 9.17) is 0 Å². The van der Waals surface area contributed by atoms with Gasteiger partial charge in [0.25, 0.3) is 0 Å². The van der Waals surface area contributed by atoms with E-state index in [1.165, 1.54) is 0 Å². The molecule has 1 heterocycles. The van der Waals surface area contributed by atoms with E-state index in [0.29, 0.717) is 22.9 Å². The maximum absolute atomic E-state index is 11.6. The topological polar surface area (TPSA) is 75.1 Å². The SMILES string of the molecule is CNCCC#Cc1cccc2[nH]c(=O)oc(=O)c12. The van der Waals surface area contributed by atoms with Crippen molar-refractivity contribution in [2.75, 3.05) is 13.6 Å². The summed E-state index contributed by atoms with van der Waals surface area (Å²) in [5.41, 5.74) is 0.345. The summed E-state index contributed by atoms with van der Waals surface area (Å²) in [5.74, 6) is 5.11. The van der Waals surface area contributed by atoms with Crippen LogP contribution in [0.4, 0.5) is 0 Å². The molecule has 5 nitrogen and oxygen atoms in total. The Balaban J connectivity index is 2.54. The molecule has 2 aromatic rings. The van der Waals surface area contributed by atoms with Crippen LogP contribution in [0.15, 0.2) is 32.2 Å². The molecule has 0 spiro atoms. The van der Waals surface area contributed by atoms with Gasteiger partial charge in [0.15, 0.2) is 0 Å². The number of rotatable bonds is 2. The first-order valence-electron chi connectivity index (χ1n) is 5.52. The Bertz CT molecular complexity index is 731. The molecule has 0 aliphatic heterocycles. The Labute approximate surface area is 103 Å². The van der Waals surface area contributed by atoms with E-state index in [0.717, 1.165) is 6.54 Å². The molecule has 0 unspecified atom stereocenters. The monoisotopic (exact) mass is 244 g/mol. The molecule has 2 rings (SSSR count). The summed E-state index contributed by atoms with van der Waals surface area (Å²) in [5, 5.41) is 3.29. The summed E-state index contributed by atoms with van der Waals surface area (Å²) < 4.78 is 4.51. The van der Waals surface area contributed by atoms with E-state index in [-0.39, 0.29) is 0 Å². The zero-order valence-corrected chi connectivity index (χ0v) is 9.87. The zero-order valence-electron chi connectivity index (χ0n) is 9.87. The van der Waals surface area contributed by atoms with Gasteiger partial charge in [-0.3, -0.25) is 4.98 Å². The van der Waals surface area contributed by atoms with E-state index < -0.39 is 11.4 Å². The van der Waals surface area contributed by atoms with Gasteiger partial charge in [-0.25, -0.2) is 9.59 Å². The van der Waals surface area contributed by atoms with Crippen molar-refractivity contribution >= 4 is 10.9 Å². The minimum atomic E-state index is -0.757. The fourth-order valence-corrected chi connectivity index (χ4v) is 1.60. The first-order valence-corrected chi connectivity index (χ1v) is 5.52. The van der Waals surface area contributed by atoms with Crippen LogP contribution in [0.25, 0.3) is 10.9 Å². The number of fused-ring (bicyclic) bond motifs is 1. The highest BCUT2D eigenvalue weighted by Crippen LogP contribution is 2.10. The third-order valence-electron chi connectivity index (χ3n) is 2.41. The number of benzene rings is 1. The highest BCUT2D eigenvalue weighted by molar-refractivity contribution is 5.83. The molecule has 0 saturated carbocycles. The minimum Gasteiger partial charge on any atom is -0.372 e. The molecule has 1 aromatic heterocycles. The molecule has 0 bridgehead atoms. The van der Waals surface area contributed by atoms with Crippen molar-refractivity contribution in [3.05, 3.63) is 44.7 Å². The van der Waals surface area contributed by atoms with Crippen molar-refractivity contribution in [1.29, 1.82) is 0 Å². The van der Waals surface area contributed by atoms with Crippen molar-refractivity contribution < 1.29 is 4.42 Å². The summed E-state index contributed by atoms with van der Waals surface area (Å²) in [6, 6.07) is 5.11. The summed E-state index contributed by atoms with van der Waals surface area (Å²) >= 11 is 0. The highest BCUT2D eigenvalue weighted by Gasteiger charge is 2.05. The molecule has 0 atom stereocenters. The van der Waals surface area contributed by atoms with Crippen molar-refractivity contribution in [2.24, 2.45) is 0 Å². The maximum Gasteiger partial charge on any atom is 0.419 e. The Morgan fingerprint density at radius 1 is 1.39 bits per heavy atom. The molecule has 0 radical (unpaired) electrons. The van der Waals surface area contributed by atoms with E-state index in [9.17, 15) is 9.59 Å². The summed E-state index contributed by atoms with van der Waals surface area (Å²) in [6.07, 6.45) is 0.682. The smallest absolute Gasteiger partial charge is 0.372 e. The predicted molar refractivity (Wildman–Crippen MR) is 68.5 cm³/mol. The van der Waals surface area contributed by atoms with Crippen LogP contribution in [0.1, 0.15) is 12.0 Å². The summed E-state index contributed by atoms with van der Waals surface area (Å²) in [7, 11) is 1.85. The van der Waals surface area contributed by atoms with Gasteiger partial charge in [0.05, 0.1) is 10.9 Å². The second-order valence-electron chi connectivity index (χ2n) is 3.69. The van der Waals surface area contributed by atoms with Crippen LogP contribution in [0, 0.1) is 11.8 Å². The van der Waals surface area contributed by atoms with Crippen molar-refractivity contribution in [2.45, 2.75) is 6.42 Å². The Morgan fingerprint density at radius 3 is 3.00 bits per heavy atom. The molecule has 5 heteroatoms. The molecule has 0 amide bonds. The van der Waals surface area contributed by atoms with Crippen molar-refractivity contribution in [3.8, 4) is 11.8 Å². The third kappa shape index (κ3) is 2.50. The van der Waals surface area contributed by atoms with Gasteiger partial charge in [0.1, 0.15) is 0 Å². The lowest BCUT2D eigenvalue weighted by Gasteiger charge is -1.97. The predicted octanol–water partition coefficient (Wildman–Crippen LogP) is 0.442. The number of H-pyrrole nitrogens is 1. The average Bonchev–Trinajstić information content (AvgIpc) is 2.34. The molecule has 2 N–H and O–H groups in total. The van der Waals surface area contributed by atoms with E-state index in [1.54, 1.807) is 18.2 Å². The first-order chi connectivity index (χ1) is 8.72. The fraction of sp³-hybridized carbons (Fsp3) is 0.231. The van der Waals surface area contributed by atoms with Gasteiger partial charge in [-0.15, -0.1) is 0 Å². The number of hydrogen-bond donors (Lipinski definition) is 2. The van der Waals surface area contributed by atoms with Gasteiger partial charge in [0.2, 0.25) is 0 Å². The molecular formula is C13H12N2O3. The van der Waals surface area contributed by atoms with Crippen molar-refractivity contribution in [3.63, 3.8) is 0 Å². The van der Waals surface area contributed by atoms with E-state index in [2.05, 4.69) is 26.6 Å². The number of aromatic nitrogens is 1. The van der Waals surface area contributed by atoms with Gasteiger partial charge >= 0.3 is 11.4 Å². The minimum absolute atomic E-state index is 0.314. The number of nitrogens with one attached hydrogen (secondary N) is 2. The molecule has 0 aliphatic rings. The zero-order chi connectivity index (χ0) is 13.0. The molecule has 0 fully saturated rings. The van der Waals surface area contributed by atoms with Crippen molar-refractivity contribution in [1.82, 2.24) is 10.3 Å². The second-order valence-corrected chi connectivity index (χ2v) is 3.69. The third-order valence-corrected chi connectivity index (χ3v) is 2.41. The van der Waals surface area contributed by atoms with Crippen LogP contribution in [0.2, 0.25) is 0 Å². The van der Waals surface area contributed by atoms with Gasteiger partial charge in [-0.1, -0.05) is 17.9 Å². The molecule has 92 valence electrons. The standard InChI is InChI=1S/C13H12N2O3/c1-14-8-3-2-5-9-6-4-7-10-11(9)12(16)18-13(17)15-10/h4,6-7,14H,3,8H2,1H3,(H,15,17). The molecule has 0 saturated heterocycles. The van der Waals surface area contributed by atoms with Crippen LogP contribution in [0.3, 0.4) is 0 Å². The quantitative estimate of drug-likeness (QED) is 0.594. The lowest BCUT2D eigenvalue weighted by atomic mass is 10.1. The normalized spacial score (nSPS) is 10.1. The fourth-order valence-electron chi connectivity index (χ4n) is 1.60. The highest BCUT2D eigenvalue weighted by atomic mass is 16.4. The van der Waals surface area contributed by atoms with Gasteiger partial charge in [-0.05, 0) is 19.2 Å². The van der Waals surface area contributed by atoms with Crippen LogP contribution in [-0.4, -0.2) is 18.6 Å². The van der Waals surface area contributed by atoms with Gasteiger partial charge in [0, 0.05) is 18.5 Å². The van der Waals surface area contributed by atoms with Gasteiger partial charge < -0.3 is 9.73 Å².